The van der Waals surface area contributed by atoms with Crippen LogP contribution in [-0.2, 0) is 0 Å². The number of nitrogens with one attached hydrogen (secondary N) is 1. The predicted octanol–water partition coefficient (Wildman–Crippen LogP) is -0.303. The molecule has 0 heterocycles. The van der Waals surface area contributed by atoms with Crippen LogP contribution in [0.2, 0.25) is 0 Å². The van der Waals surface area contributed by atoms with E-state index in [9.17, 15) is 4.79 Å². The van der Waals surface area contributed by atoms with Gasteiger partial charge >= 0.3 is 72.9 Å². The summed E-state index contributed by atoms with van der Waals surface area (Å²) in [6.45, 7) is 0. The van der Waals surface area contributed by atoms with Crippen molar-refractivity contribution in [2.75, 3.05) is 0 Å². The maximum atomic E-state index is 11.0. The summed E-state index contributed by atoms with van der Waals surface area (Å²) in [5.41, 5.74) is 0.752. The molecule has 3 heteroatoms. The van der Waals surface area contributed by atoms with Gasteiger partial charge in [-0.05, 0) is 0 Å². The summed E-state index contributed by atoms with van der Waals surface area (Å²) in [6.07, 6.45) is 0. The van der Waals surface area contributed by atoms with E-state index in [0.717, 1.165) is 5.56 Å². The van der Waals surface area contributed by atoms with Gasteiger partial charge in [0.1, 0.15) is 0 Å². The second kappa shape index (κ2) is 3.61. The van der Waals surface area contributed by atoms with Gasteiger partial charge in [0.05, 0.1) is 0 Å². The first-order valence-corrected chi connectivity index (χ1v) is 5.97. The van der Waals surface area contributed by atoms with E-state index in [4.69, 9.17) is 0 Å². The Morgan fingerprint density at radius 2 is 1.90 bits per heavy atom. The van der Waals surface area contributed by atoms with Crippen molar-refractivity contribution in [3.8, 4) is 0 Å². The Balaban J connectivity index is 2.85. The molecule has 0 saturated carbocycles. The van der Waals surface area contributed by atoms with Crippen molar-refractivity contribution in [3.63, 3.8) is 0 Å². The predicted molar refractivity (Wildman–Crippen MR) is 43.8 cm³/mol. The van der Waals surface area contributed by atoms with Crippen molar-refractivity contribution < 1.29 is 4.79 Å². The zero-order valence-corrected chi connectivity index (χ0v) is 11.5. The van der Waals surface area contributed by atoms with Crippen molar-refractivity contribution in [3.05, 3.63) is 35.9 Å². The summed E-state index contributed by atoms with van der Waals surface area (Å²) >= 11 is 0.241. The minimum absolute atomic E-state index is 0.0522. The number of benzene rings is 1. The molecule has 0 fully saturated rings. The minimum atomic E-state index is 0.0522. The second-order valence-electron chi connectivity index (χ2n) is 1.95. The molecule has 2 nitrogen and oxygen atoms in total. The fourth-order valence-electron chi connectivity index (χ4n) is 0.734. The van der Waals surface area contributed by atoms with Gasteiger partial charge in [0, 0.05) is 0 Å². The normalized spacial score (nSPS) is 9.20. The summed E-state index contributed by atoms with van der Waals surface area (Å²) in [4.78, 5) is 11.0. The molecule has 0 atom stereocenters. The Labute approximate surface area is 73.1 Å². The molecule has 0 spiro atoms. The molecule has 1 N–H and O–H groups in total. The van der Waals surface area contributed by atoms with Gasteiger partial charge < -0.3 is 0 Å². The third-order valence-corrected chi connectivity index (χ3v) is 2.56. The van der Waals surface area contributed by atoms with Crippen molar-refractivity contribution in [1.82, 2.24) is 3.54 Å². The molecule has 0 aromatic heterocycles. The van der Waals surface area contributed by atoms with E-state index in [1.165, 1.54) is 0 Å². The van der Waals surface area contributed by atoms with E-state index < -0.39 is 0 Å². The molecule has 0 radical (unpaired) electrons. The van der Waals surface area contributed by atoms with Crippen LogP contribution in [0.4, 0.5) is 0 Å². The number of hydrogen-bond donors (Lipinski definition) is 1. The molecular formula is C7H9NOSn. The van der Waals surface area contributed by atoms with E-state index in [2.05, 4.69) is 3.54 Å². The van der Waals surface area contributed by atoms with Crippen LogP contribution < -0.4 is 3.54 Å². The first-order chi connectivity index (χ1) is 4.84. The zero-order valence-electron chi connectivity index (χ0n) is 5.79. The Morgan fingerprint density at radius 3 is 2.40 bits per heavy atom. The van der Waals surface area contributed by atoms with E-state index in [1.54, 1.807) is 0 Å². The third-order valence-electron chi connectivity index (χ3n) is 1.26. The Morgan fingerprint density at radius 1 is 1.30 bits per heavy atom. The first-order valence-electron chi connectivity index (χ1n) is 3.11. The SMILES string of the molecule is O=C([NH][SnH3])c1ccccc1. The molecule has 0 aliphatic carbocycles. The molecule has 52 valence electrons. The molecule has 0 bridgehead atoms. The number of carbonyl (C=O) groups is 1. The molecule has 0 aliphatic heterocycles. The fraction of sp³-hybridized carbons (Fsp3) is 0. The summed E-state index contributed by atoms with van der Waals surface area (Å²) < 4.78 is 2.75. The van der Waals surface area contributed by atoms with Crippen LogP contribution in [0, 0.1) is 0 Å². The van der Waals surface area contributed by atoms with Gasteiger partial charge in [-0.2, -0.15) is 0 Å². The van der Waals surface area contributed by atoms with Crippen LogP contribution >= 0.6 is 0 Å². The van der Waals surface area contributed by atoms with Crippen LogP contribution in [0.25, 0.3) is 0 Å². The number of rotatable bonds is 1. The molecule has 1 amide bonds. The molecule has 1 aromatic carbocycles. The number of amides is 1. The van der Waals surface area contributed by atoms with Gasteiger partial charge in [-0.3, -0.25) is 0 Å². The van der Waals surface area contributed by atoms with Crippen molar-refractivity contribution >= 4 is 28.7 Å². The Hall–Kier alpha value is -0.511. The summed E-state index contributed by atoms with van der Waals surface area (Å²) in [7, 11) is 0. The van der Waals surface area contributed by atoms with Crippen LogP contribution in [-0.4, -0.2) is 28.7 Å². The molecule has 10 heavy (non-hydrogen) atoms. The van der Waals surface area contributed by atoms with Crippen molar-refractivity contribution in [2.24, 2.45) is 0 Å². The van der Waals surface area contributed by atoms with Crippen molar-refractivity contribution in [1.29, 1.82) is 0 Å². The monoisotopic (exact) mass is 243 g/mol. The van der Waals surface area contributed by atoms with E-state index in [0.29, 0.717) is 0 Å². The molecule has 0 saturated heterocycles. The average molecular weight is 242 g/mol. The van der Waals surface area contributed by atoms with Crippen LogP contribution in [0.5, 0.6) is 0 Å². The number of hydrogen-bond acceptors (Lipinski definition) is 1. The van der Waals surface area contributed by atoms with Gasteiger partial charge in [-0.25, -0.2) is 0 Å². The third kappa shape index (κ3) is 1.73. The summed E-state index contributed by atoms with van der Waals surface area (Å²) in [6, 6.07) is 9.24. The van der Waals surface area contributed by atoms with Crippen LogP contribution in [0.15, 0.2) is 30.3 Å². The van der Waals surface area contributed by atoms with Crippen molar-refractivity contribution in [2.45, 2.75) is 0 Å². The standard InChI is InChI=1S/C7H7NO.Sn.3H/c8-7(9)6-4-2-1-3-5-6;;;;/h1-5H,(H2,8,9);;;;/q;+1;;;/p-1. The number of carbonyl (C=O) groups excluding carboxylic acids is 1. The Kier molecular flexibility index (Phi) is 2.74. The first kappa shape index (κ1) is 7.59. The molecule has 0 unspecified atom stereocenters. The fourth-order valence-corrected chi connectivity index (χ4v) is 1.56. The van der Waals surface area contributed by atoms with Crippen LogP contribution in [0.1, 0.15) is 10.4 Å². The van der Waals surface area contributed by atoms with Gasteiger partial charge in [0.15, 0.2) is 0 Å². The van der Waals surface area contributed by atoms with Gasteiger partial charge in [-0.1, -0.05) is 0 Å². The zero-order chi connectivity index (χ0) is 7.40. The molecular weight excluding hydrogens is 233 g/mol. The van der Waals surface area contributed by atoms with Gasteiger partial charge in [-0.15, -0.1) is 0 Å². The summed E-state index contributed by atoms with van der Waals surface area (Å²) in [5.74, 6) is 0.0522. The average Bonchev–Trinajstić information content (AvgIpc) is 2.05. The quantitative estimate of drug-likeness (QED) is 0.673. The summed E-state index contributed by atoms with van der Waals surface area (Å²) in [5, 5.41) is 0. The van der Waals surface area contributed by atoms with Gasteiger partial charge in [0.25, 0.3) is 0 Å². The second-order valence-corrected chi connectivity index (χ2v) is 3.37. The van der Waals surface area contributed by atoms with E-state index in [1.807, 2.05) is 30.3 Å². The molecule has 0 aliphatic rings. The van der Waals surface area contributed by atoms with E-state index in [-0.39, 0.29) is 28.7 Å². The topological polar surface area (TPSA) is 29.1 Å². The molecule has 1 aromatic rings. The van der Waals surface area contributed by atoms with Crippen LogP contribution in [0.3, 0.4) is 0 Å². The molecule has 1 rings (SSSR count). The van der Waals surface area contributed by atoms with E-state index >= 15 is 0 Å². The van der Waals surface area contributed by atoms with Gasteiger partial charge in [0.2, 0.25) is 0 Å². The maximum absolute atomic E-state index is 11.0. The Bertz CT molecular complexity index is 222.